The van der Waals surface area contributed by atoms with Gasteiger partial charge in [0.1, 0.15) is 17.3 Å². The van der Waals surface area contributed by atoms with Crippen molar-refractivity contribution in [2.75, 3.05) is 27.3 Å². The molecule has 0 bridgehead atoms. The number of rotatable bonds is 8. The van der Waals surface area contributed by atoms with Gasteiger partial charge in [0.05, 0.1) is 20.8 Å². The molecule has 6 nitrogen and oxygen atoms in total. The minimum absolute atomic E-state index is 0.0883. The SMILES string of the molecule is CCN(CC(=O)NCc1ccc(F)cc1)C(=O)c1cc(OC)c(C)c(OC)c1. The minimum atomic E-state index is -0.332. The highest BCUT2D eigenvalue weighted by Gasteiger charge is 2.20. The third kappa shape index (κ3) is 5.22. The molecule has 0 fully saturated rings. The van der Waals surface area contributed by atoms with Gasteiger partial charge in [0, 0.05) is 24.2 Å². The van der Waals surface area contributed by atoms with Crippen molar-refractivity contribution in [3.8, 4) is 11.5 Å². The molecular weight excluding hydrogens is 363 g/mol. The summed E-state index contributed by atoms with van der Waals surface area (Å²) in [6.07, 6.45) is 0. The Morgan fingerprint density at radius 3 is 2.14 bits per heavy atom. The first-order valence-corrected chi connectivity index (χ1v) is 8.92. The maximum absolute atomic E-state index is 12.9. The summed E-state index contributed by atoms with van der Waals surface area (Å²) >= 11 is 0. The molecular formula is C21H25FN2O4. The largest absolute Gasteiger partial charge is 0.496 e. The van der Waals surface area contributed by atoms with Crippen LogP contribution in [0.1, 0.15) is 28.4 Å². The fourth-order valence-corrected chi connectivity index (χ4v) is 2.75. The molecule has 0 atom stereocenters. The summed E-state index contributed by atoms with van der Waals surface area (Å²) in [7, 11) is 3.05. The van der Waals surface area contributed by atoms with Crippen LogP contribution in [-0.4, -0.2) is 44.0 Å². The molecule has 150 valence electrons. The van der Waals surface area contributed by atoms with Gasteiger partial charge in [-0.2, -0.15) is 0 Å². The van der Waals surface area contributed by atoms with Gasteiger partial charge in [-0.25, -0.2) is 4.39 Å². The Hall–Kier alpha value is -3.09. The van der Waals surface area contributed by atoms with Crippen molar-refractivity contribution >= 4 is 11.8 Å². The summed E-state index contributed by atoms with van der Waals surface area (Å²) in [5.74, 6) is 0.155. The van der Waals surface area contributed by atoms with Crippen molar-refractivity contribution in [3.63, 3.8) is 0 Å². The van der Waals surface area contributed by atoms with E-state index in [2.05, 4.69) is 5.32 Å². The van der Waals surface area contributed by atoms with E-state index >= 15 is 0 Å². The van der Waals surface area contributed by atoms with E-state index in [-0.39, 0.29) is 30.7 Å². The number of halogens is 1. The van der Waals surface area contributed by atoms with Gasteiger partial charge in [0.25, 0.3) is 5.91 Å². The molecule has 2 rings (SSSR count). The van der Waals surface area contributed by atoms with Crippen molar-refractivity contribution in [2.45, 2.75) is 20.4 Å². The lowest BCUT2D eigenvalue weighted by Crippen LogP contribution is -2.40. The van der Waals surface area contributed by atoms with Crippen LogP contribution in [0.2, 0.25) is 0 Å². The molecule has 2 amide bonds. The molecule has 0 aliphatic rings. The third-order valence-corrected chi connectivity index (χ3v) is 4.41. The van der Waals surface area contributed by atoms with Crippen molar-refractivity contribution < 1.29 is 23.5 Å². The lowest BCUT2D eigenvalue weighted by atomic mass is 10.1. The maximum Gasteiger partial charge on any atom is 0.254 e. The monoisotopic (exact) mass is 388 g/mol. The van der Waals surface area contributed by atoms with E-state index < -0.39 is 0 Å². The van der Waals surface area contributed by atoms with E-state index in [9.17, 15) is 14.0 Å². The molecule has 2 aromatic carbocycles. The van der Waals surface area contributed by atoms with Gasteiger partial charge >= 0.3 is 0 Å². The number of carbonyl (C=O) groups excluding carboxylic acids is 2. The molecule has 0 aromatic heterocycles. The Morgan fingerprint density at radius 1 is 1.07 bits per heavy atom. The molecule has 7 heteroatoms. The van der Waals surface area contributed by atoms with Crippen LogP contribution in [0.15, 0.2) is 36.4 Å². The van der Waals surface area contributed by atoms with E-state index in [0.717, 1.165) is 11.1 Å². The zero-order valence-corrected chi connectivity index (χ0v) is 16.5. The Labute approximate surface area is 164 Å². The van der Waals surface area contributed by atoms with Crippen LogP contribution in [0.5, 0.6) is 11.5 Å². The second-order valence-corrected chi connectivity index (χ2v) is 6.23. The number of nitrogens with zero attached hydrogens (tertiary/aromatic N) is 1. The number of carbonyl (C=O) groups is 2. The highest BCUT2D eigenvalue weighted by molar-refractivity contribution is 5.97. The second-order valence-electron chi connectivity index (χ2n) is 6.23. The van der Waals surface area contributed by atoms with Crippen molar-refractivity contribution in [2.24, 2.45) is 0 Å². The van der Waals surface area contributed by atoms with E-state index in [0.29, 0.717) is 23.6 Å². The van der Waals surface area contributed by atoms with E-state index in [1.54, 1.807) is 31.2 Å². The number of ether oxygens (including phenoxy) is 2. The summed E-state index contributed by atoms with van der Waals surface area (Å²) in [6, 6.07) is 9.15. The number of methoxy groups -OCH3 is 2. The highest BCUT2D eigenvalue weighted by atomic mass is 19.1. The zero-order valence-electron chi connectivity index (χ0n) is 16.5. The lowest BCUT2D eigenvalue weighted by molar-refractivity contribution is -0.121. The van der Waals surface area contributed by atoms with Gasteiger partial charge in [0.15, 0.2) is 0 Å². The van der Waals surface area contributed by atoms with Gasteiger partial charge in [-0.15, -0.1) is 0 Å². The first kappa shape index (κ1) is 21.2. The van der Waals surface area contributed by atoms with Gasteiger partial charge in [-0.05, 0) is 43.7 Å². The van der Waals surface area contributed by atoms with E-state index in [4.69, 9.17) is 9.47 Å². The Morgan fingerprint density at radius 2 is 1.64 bits per heavy atom. The number of benzene rings is 2. The first-order chi connectivity index (χ1) is 13.4. The van der Waals surface area contributed by atoms with Crippen LogP contribution in [-0.2, 0) is 11.3 Å². The molecule has 2 aromatic rings. The molecule has 28 heavy (non-hydrogen) atoms. The van der Waals surface area contributed by atoms with Crippen LogP contribution in [0.25, 0.3) is 0 Å². The summed E-state index contributed by atoms with van der Waals surface area (Å²) < 4.78 is 23.6. The van der Waals surface area contributed by atoms with Gasteiger partial charge in [-0.3, -0.25) is 9.59 Å². The summed E-state index contributed by atoms with van der Waals surface area (Å²) in [4.78, 5) is 26.6. The van der Waals surface area contributed by atoms with Crippen LogP contribution >= 0.6 is 0 Å². The molecule has 0 aliphatic carbocycles. The number of nitrogens with one attached hydrogen (secondary N) is 1. The number of likely N-dealkylation sites (N-methyl/N-ethyl adjacent to an activating group) is 1. The predicted octanol–water partition coefficient (Wildman–Crippen LogP) is 2.93. The third-order valence-electron chi connectivity index (χ3n) is 4.41. The minimum Gasteiger partial charge on any atom is -0.496 e. The Balaban J connectivity index is 2.06. The summed E-state index contributed by atoms with van der Waals surface area (Å²) in [5, 5.41) is 2.74. The quantitative estimate of drug-likeness (QED) is 0.755. The number of amides is 2. The average molecular weight is 388 g/mol. The molecule has 0 radical (unpaired) electrons. The van der Waals surface area contributed by atoms with Crippen molar-refractivity contribution in [1.82, 2.24) is 10.2 Å². The first-order valence-electron chi connectivity index (χ1n) is 8.92. The standard InChI is InChI=1S/C21H25FN2O4/c1-5-24(13-20(25)23-12-15-6-8-17(22)9-7-15)21(26)16-10-18(27-3)14(2)19(11-16)28-4/h6-11H,5,12-13H2,1-4H3,(H,23,25). The van der Waals surface area contributed by atoms with Gasteiger partial charge in [0.2, 0.25) is 5.91 Å². The molecule has 0 spiro atoms. The molecule has 1 N–H and O–H groups in total. The van der Waals surface area contributed by atoms with E-state index in [1.165, 1.54) is 31.3 Å². The Kier molecular flexibility index (Phi) is 7.37. The fourth-order valence-electron chi connectivity index (χ4n) is 2.75. The molecule has 0 saturated carbocycles. The predicted molar refractivity (Wildman–Crippen MR) is 104 cm³/mol. The van der Waals surface area contributed by atoms with Crippen LogP contribution in [0, 0.1) is 12.7 Å². The van der Waals surface area contributed by atoms with Crippen LogP contribution in [0.3, 0.4) is 0 Å². The number of hydrogen-bond donors (Lipinski definition) is 1. The van der Waals surface area contributed by atoms with Gasteiger partial charge < -0.3 is 19.7 Å². The molecule has 0 heterocycles. The van der Waals surface area contributed by atoms with Crippen LogP contribution in [0.4, 0.5) is 4.39 Å². The fraction of sp³-hybridized carbons (Fsp3) is 0.333. The molecule has 0 aliphatic heterocycles. The molecule has 0 saturated heterocycles. The number of hydrogen-bond acceptors (Lipinski definition) is 4. The van der Waals surface area contributed by atoms with Gasteiger partial charge in [-0.1, -0.05) is 12.1 Å². The maximum atomic E-state index is 12.9. The van der Waals surface area contributed by atoms with Crippen LogP contribution < -0.4 is 14.8 Å². The summed E-state index contributed by atoms with van der Waals surface area (Å²) in [6.45, 7) is 4.17. The normalized spacial score (nSPS) is 10.3. The van der Waals surface area contributed by atoms with Crippen molar-refractivity contribution in [1.29, 1.82) is 0 Å². The average Bonchev–Trinajstić information content (AvgIpc) is 2.71. The smallest absolute Gasteiger partial charge is 0.254 e. The summed E-state index contributed by atoms with van der Waals surface area (Å²) in [5.41, 5.74) is 1.95. The topological polar surface area (TPSA) is 67.9 Å². The molecule has 0 unspecified atom stereocenters. The highest BCUT2D eigenvalue weighted by Crippen LogP contribution is 2.30. The Bertz CT molecular complexity index is 812. The zero-order chi connectivity index (χ0) is 20.7. The second kappa shape index (κ2) is 9.73. The van der Waals surface area contributed by atoms with Crippen molar-refractivity contribution in [3.05, 3.63) is 58.9 Å². The lowest BCUT2D eigenvalue weighted by Gasteiger charge is -2.21. The van der Waals surface area contributed by atoms with E-state index in [1.807, 2.05) is 6.92 Å².